The van der Waals surface area contributed by atoms with Crippen molar-refractivity contribution in [3.63, 3.8) is 0 Å². The minimum atomic E-state index is -3.55. The Labute approximate surface area is 145 Å². The first-order valence-corrected chi connectivity index (χ1v) is 9.72. The maximum absolute atomic E-state index is 12.9. The maximum Gasteiger partial charge on any atom is 0.250 e. The molecule has 24 heavy (non-hydrogen) atoms. The fourth-order valence-corrected chi connectivity index (χ4v) is 5.49. The van der Waals surface area contributed by atoms with Crippen LogP contribution in [0.15, 0.2) is 52.2 Å². The Hall–Kier alpha value is -1.63. The van der Waals surface area contributed by atoms with Crippen LogP contribution in [0.25, 0.3) is 0 Å². The van der Waals surface area contributed by atoms with Crippen LogP contribution in [0.3, 0.4) is 0 Å². The normalized spacial score (nSPS) is 23.7. The number of rotatable bonds is 2. The summed E-state index contributed by atoms with van der Waals surface area (Å²) in [6.45, 7) is 1.44. The molecule has 5 nitrogen and oxygen atoms in total. The smallest absolute Gasteiger partial charge is 0.250 e. The zero-order valence-electron chi connectivity index (χ0n) is 12.9. The largest absolute Gasteiger partial charge is 0.312 e. The van der Waals surface area contributed by atoms with Gasteiger partial charge in [-0.25, -0.2) is 8.42 Å². The number of hydrogen-bond donors (Lipinski definition) is 0. The molecule has 0 aliphatic carbocycles. The number of nitrogens with zero attached hydrogens (tertiary/aromatic N) is 2. The molecule has 3 heterocycles. The topological polar surface area (TPSA) is 59.4 Å². The van der Waals surface area contributed by atoms with Crippen molar-refractivity contribution >= 4 is 21.6 Å². The fraction of sp³-hybridized carbons (Fsp3) is 0.353. The number of pyridine rings is 1. The highest BCUT2D eigenvalue weighted by Crippen LogP contribution is 2.37. The summed E-state index contributed by atoms with van der Waals surface area (Å²) < 4.78 is 29.2. The van der Waals surface area contributed by atoms with E-state index < -0.39 is 10.0 Å². The van der Waals surface area contributed by atoms with Crippen LogP contribution in [0.5, 0.6) is 0 Å². The molecule has 1 aromatic carbocycles. The van der Waals surface area contributed by atoms with E-state index in [-0.39, 0.29) is 22.3 Å². The fourth-order valence-electron chi connectivity index (χ4n) is 3.80. The molecule has 2 aliphatic rings. The molecule has 2 bridgehead atoms. The number of hydrogen-bond acceptors (Lipinski definition) is 3. The zero-order chi connectivity index (χ0) is 16.9. The van der Waals surface area contributed by atoms with E-state index in [9.17, 15) is 13.2 Å². The molecule has 7 heteroatoms. The molecule has 2 unspecified atom stereocenters. The van der Waals surface area contributed by atoms with Gasteiger partial charge in [-0.3, -0.25) is 4.79 Å². The Morgan fingerprint density at radius 1 is 1.00 bits per heavy atom. The van der Waals surface area contributed by atoms with Crippen LogP contribution in [0.4, 0.5) is 0 Å². The second-order valence-corrected chi connectivity index (χ2v) is 8.85. The summed E-state index contributed by atoms with van der Waals surface area (Å²) >= 11 is 5.86. The molecule has 2 aromatic rings. The van der Waals surface area contributed by atoms with Gasteiger partial charge in [0.2, 0.25) is 10.0 Å². The van der Waals surface area contributed by atoms with Gasteiger partial charge in [-0.05, 0) is 42.7 Å². The second kappa shape index (κ2) is 5.72. The molecule has 2 atom stereocenters. The Morgan fingerprint density at radius 3 is 2.50 bits per heavy atom. The summed E-state index contributed by atoms with van der Waals surface area (Å²) in [6.07, 6.45) is 0.927. The number of halogens is 1. The summed E-state index contributed by atoms with van der Waals surface area (Å²) in [5, 5.41) is 0.512. The highest BCUT2D eigenvalue weighted by atomic mass is 35.5. The Bertz CT molecular complexity index is 937. The summed E-state index contributed by atoms with van der Waals surface area (Å²) in [5.74, 6) is 0.229. The van der Waals surface area contributed by atoms with Crippen LogP contribution in [-0.2, 0) is 16.6 Å². The van der Waals surface area contributed by atoms with E-state index in [1.807, 2.05) is 6.07 Å². The van der Waals surface area contributed by atoms with E-state index in [2.05, 4.69) is 0 Å². The third-order valence-corrected chi connectivity index (χ3v) is 7.00. The summed E-state index contributed by atoms with van der Waals surface area (Å²) in [7, 11) is -3.55. The quantitative estimate of drug-likeness (QED) is 0.821. The van der Waals surface area contributed by atoms with Gasteiger partial charge in [0, 0.05) is 42.3 Å². The molecular weight excluding hydrogens is 348 g/mol. The minimum Gasteiger partial charge on any atom is -0.312 e. The molecule has 0 amide bonds. The zero-order valence-corrected chi connectivity index (χ0v) is 14.5. The maximum atomic E-state index is 12.9. The molecule has 1 aromatic heterocycles. The van der Waals surface area contributed by atoms with Crippen molar-refractivity contribution in [3.8, 4) is 0 Å². The van der Waals surface area contributed by atoms with Crippen molar-refractivity contribution < 1.29 is 8.42 Å². The van der Waals surface area contributed by atoms with Gasteiger partial charge < -0.3 is 4.57 Å². The van der Waals surface area contributed by atoms with Crippen molar-refractivity contribution in [1.29, 1.82) is 0 Å². The second-order valence-electron chi connectivity index (χ2n) is 6.47. The predicted molar refractivity (Wildman–Crippen MR) is 91.8 cm³/mol. The summed E-state index contributed by atoms with van der Waals surface area (Å²) in [4.78, 5) is 12.3. The van der Waals surface area contributed by atoms with Gasteiger partial charge in [0.05, 0.1) is 4.90 Å². The van der Waals surface area contributed by atoms with Crippen molar-refractivity contribution in [1.82, 2.24) is 8.87 Å². The van der Waals surface area contributed by atoms with Gasteiger partial charge in [-0.2, -0.15) is 4.31 Å². The molecule has 4 rings (SSSR count). The van der Waals surface area contributed by atoms with Gasteiger partial charge >= 0.3 is 0 Å². The van der Waals surface area contributed by atoms with Gasteiger partial charge in [-0.15, -0.1) is 0 Å². The highest BCUT2D eigenvalue weighted by Gasteiger charge is 2.39. The third kappa shape index (κ3) is 2.59. The SMILES string of the molecule is O=c1cccc2n1CC1CC2CN(S(=O)(=O)c2ccc(Cl)cc2)C1. The molecule has 0 spiro atoms. The number of benzene rings is 1. The van der Waals surface area contributed by atoms with E-state index in [4.69, 9.17) is 11.6 Å². The standard InChI is InChI=1S/C17H17ClN2O3S/c18-14-4-6-15(7-5-14)24(22,23)19-9-12-8-13(11-19)16-2-1-3-17(21)20(16)10-12/h1-7,12-13H,8-11H2. The Morgan fingerprint density at radius 2 is 1.75 bits per heavy atom. The van der Waals surface area contributed by atoms with Crippen molar-refractivity contribution in [3.05, 3.63) is 63.5 Å². The third-order valence-electron chi connectivity index (χ3n) is 4.90. The lowest BCUT2D eigenvalue weighted by atomic mass is 9.84. The first-order chi connectivity index (χ1) is 11.4. The van der Waals surface area contributed by atoms with Crippen molar-refractivity contribution in [2.75, 3.05) is 13.1 Å². The molecule has 0 radical (unpaired) electrons. The van der Waals surface area contributed by atoms with Crippen LogP contribution < -0.4 is 5.56 Å². The lowest BCUT2D eigenvalue weighted by molar-refractivity contribution is 0.186. The average molecular weight is 365 g/mol. The monoisotopic (exact) mass is 364 g/mol. The van der Waals surface area contributed by atoms with Crippen LogP contribution in [-0.4, -0.2) is 30.4 Å². The van der Waals surface area contributed by atoms with Crippen LogP contribution in [0.2, 0.25) is 5.02 Å². The van der Waals surface area contributed by atoms with Crippen LogP contribution in [0.1, 0.15) is 18.0 Å². The molecule has 1 saturated heterocycles. The number of aromatic nitrogens is 1. The van der Waals surface area contributed by atoms with Crippen molar-refractivity contribution in [2.24, 2.45) is 5.92 Å². The first kappa shape index (κ1) is 15.9. The van der Waals surface area contributed by atoms with E-state index in [0.717, 1.165) is 12.1 Å². The lowest BCUT2D eigenvalue weighted by Gasteiger charge is -2.42. The number of sulfonamides is 1. The summed E-state index contributed by atoms with van der Waals surface area (Å²) in [5.41, 5.74) is 0.936. The average Bonchev–Trinajstić information content (AvgIpc) is 2.56. The van der Waals surface area contributed by atoms with Crippen LogP contribution >= 0.6 is 11.6 Å². The predicted octanol–water partition coefficient (Wildman–Crippen LogP) is 2.31. The molecule has 1 fully saturated rings. The van der Waals surface area contributed by atoms with Crippen molar-refractivity contribution in [2.45, 2.75) is 23.8 Å². The van der Waals surface area contributed by atoms with Gasteiger partial charge in [0.25, 0.3) is 5.56 Å². The van der Waals surface area contributed by atoms with E-state index in [0.29, 0.717) is 24.7 Å². The number of piperidine rings is 1. The van der Waals surface area contributed by atoms with E-state index in [1.165, 1.54) is 0 Å². The lowest BCUT2D eigenvalue weighted by Crippen LogP contribution is -2.48. The summed E-state index contributed by atoms with van der Waals surface area (Å²) in [6, 6.07) is 11.5. The Kier molecular flexibility index (Phi) is 3.78. The minimum absolute atomic E-state index is 0.00351. The number of fused-ring (bicyclic) bond motifs is 4. The molecule has 0 saturated carbocycles. The van der Waals surface area contributed by atoms with Gasteiger partial charge in [-0.1, -0.05) is 17.7 Å². The van der Waals surface area contributed by atoms with Gasteiger partial charge in [0.1, 0.15) is 0 Å². The molecule has 0 N–H and O–H groups in total. The highest BCUT2D eigenvalue weighted by molar-refractivity contribution is 7.89. The first-order valence-electron chi connectivity index (χ1n) is 7.90. The molecule has 2 aliphatic heterocycles. The van der Waals surface area contributed by atoms with E-state index >= 15 is 0 Å². The molecule has 126 valence electrons. The van der Waals surface area contributed by atoms with Gasteiger partial charge in [0.15, 0.2) is 0 Å². The van der Waals surface area contributed by atoms with E-state index in [1.54, 1.807) is 45.3 Å². The van der Waals surface area contributed by atoms with Crippen LogP contribution in [0, 0.1) is 5.92 Å². The molecular formula is C17H17ClN2O3S. The Balaban J connectivity index is 1.69.